The number of halogens is 7. The summed E-state index contributed by atoms with van der Waals surface area (Å²) in [6.07, 6.45) is -13.1. The minimum atomic E-state index is -5.11. The van der Waals surface area contributed by atoms with Gasteiger partial charge in [-0.3, -0.25) is 9.09 Å². The number of benzene rings is 4. The number of nitrogens with zero attached hydrogens (tertiary/aromatic N) is 4. The average Bonchev–Trinajstić information content (AvgIpc) is 3.47. The summed E-state index contributed by atoms with van der Waals surface area (Å²) in [5.74, 6) is -0.808. The molecule has 18 heteroatoms. The zero-order chi connectivity index (χ0) is 38.8. The highest BCUT2D eigenvalue weighted by atomic mass is 31.2. The highest BCUT2D eigenvalue weighted by Gasteiger charge is 2.42. The lowest BCUT2D eigenvalue weighted by Crippen LogP contribution is -2.48. The normalized spacial score (nSPS) is 18.4. The molecule has 1 N–H and O–H groups in total. The van der Waals surface area contributed by atoms with Crippen LogP contribution in [0.1, 0.15) is 52.5 Å². The second-order valence-corrected chi connectivity index (χ2v) is 14.0. The molecule has 1 unspecified atom stereocenters. The molecular weight excluding hydrogens is 748 g/mol. The van der Waals surface area contributed by atoms with Crippen molar-refractivity contribution < 1.29 is 54.2 Å². The molecule has 0 radical (unpaired) electrons. The van der Waals surface area contributed by atoms with Gasteiger partial charge in [-0.05, 0) is 59.5 Å². The quantitative estimate of drug-likeness (QED) is 0.106. The van der Waals surface area contributed by atoms with Gasteiger partial charge in [-0.25, -0.2) is 13.8 Å². The Morgan fingerprint density at radius 1 is 0.889 bits per heavy atom. The predicted molar refractivity (Wildman–Crippen MR) is 181 cm³/mol. The number of hydrogen-bond acceptors (Lipinski definition) is 7. The molecule has 0 amide bonds. The van der Waals surface area contributed by atoms with E-state index >= 15 is 0 Å². The summed E-state index contributed by atoms with van der Waals surface area (Å²) in [5.41, 5.74) is -3.16. The van der Waals surface area contributed by atoms with Crippen molar-refractivity contribution in [2.45, 2.75) is 50.9 Å². The summed E-state index contributed by atoms with van der Waals surface area (Å²) in [6, 6.07) is 21.8. The topological polar surface area (TPSA) is 108 Å². The van der Waals surface area contributed by atoms with Crippen molar-refractivity contribution in [2.24, 2.45) is 0 Å². The van der Waals surface area contributed by atoms with Crippen molar-refractivity contribution in [1.29, 1.82) is 0 Å². The van der Waals surface area contributed by atoms with E-state index in [4.69, 9.17) is 14.0 Å². The van der Waals surface area contributed by atoms with E-state index in [-0.39, 0.29) is 43.9 Å². The smallest absolute Gasteiger partial charge is 0.348 e. The van der Waals surface area contributed by atoms with Crippen LogP contribution in [-0.2, 0) is 44.1 Å². The van der Waals surface area contributed by atoms with E-state index in [0.29, 0.717) is 27.7 Å². The molecule has 0 spiro atoms. The van der Waals surface area contributed by atoms with E-state index in [0.717, 1.165) is 16.7 Å². The van der Waals surface area contributed by atoms with E-state index in [1.165, 1.54) is 24.0 Å². The number of aromatic nitrogens is 3. The number of anilines is 1. The minimum Gasteiger partial charge on any atom is -0.348 e. The van der Waals surface area contributed by atoms with Gasteiger partial charge in [0.1, 0.15) is 11.9 Å². The first kappa shape index (κ1) is 38.9. The van der Waals surface area contributed by atoms with Gasteiger partial charge in [0.25, 0.3) is 0 Å². The van der Waals surface area contributed by atoms with E-state index < -0.39 is 66.7 Å². The fraction of sp³-hybridized carbons (Fsp3) is 0.278. The molecule has 1 aromatic heterocycles. The van der Waals surface area contributed by atoms with Crippen molar-refractivity contribution in [3.8, 4) is 0 Å². The van der Waals surface area contributed by atoms with Crippen molar-refractivity contribution in [2.75, 3.05) is 18.1 Å². The maximum Gasteiger partial charge on any atom is 0.457 e. The summed E-state index contributed by atoms with van der Waals surface area (Å²) >= 11 is 0. The Labute approximate surface area is 303 Å². The molecule has 286 valence electrons. The highest BCUT2D eigenvalue weighted by Crippen LogP contribution is 2.44. The highest BCUT2D eigenvalue weighted by molar-refractivity contribution is 7.50. The number of alkyl halides is 6. The number of hydrogen-bond donors (Lipinski definition) is 1. The van der Waals surface area contributed by atoms with Gasteiger partial charge in [-0.1, -0.05) is 72.8 Å². The Bertz CT molecular complexity index is 2130. The number of morpholine rings is 1. The van der Waals surface area contributed by atoms with Gasteiger partial charge in [0.2, 0.25) is 5.95 Å². The van der Waals surface area contributed by atoms with E-state index in [1.54, 1.807) is 60.7 Å². The Morgan fingerprint density at radius 3 is 2.04 bits per heavy atom. The zero-order valence-corrected chi connectivity index (χ0v) is 29.1. The molecule has 6 rings (SSSR count). The fourth-order valence-electron chi connectivity index (χ4n) is 5.92. The summed E-state index contributed by atoms with van der Waals surface area (Å²) in [7, 11) is -4.97. The molecule has 1 aliphatic heterocycles. The Kier molecular flexibility index (Phi) is 11.2. The van der Waals surface area contributed by atoms with Crippen LogP contribution >= 0.6 is 7.75 Å². The first-order valence-electron chi connectivity index (χ1n) is 16.4. The molecule has 1 fully saturated rings. The predicted octanol–water partition coefficient (Wildman–Crippen LogP) is 8.12. The van der Waals surface area contributed by atoms with Crippen LogP contribution in [-0.4, -0.2) is 38.5 Å². The maximum atomic E-state index is 14.2. The molecular formula is C36H32F7N4O6P. The van der Waals surface area contributed by atoms with Gasteiger partial charge in [0.05, 0.1) is 37.0 Å². The van der Waals surface area contributed by atoms with Crippen molar-refractivity contribution in [3.63, 3.8) is 0 Å². The molecule has 4 atom stereocenters. The van der Waals surface area contributed by atoms with Crippen molar-refractivity contribution in [3.05, 3.63) is 153 Å². The van der Waals surface area contributed by atoms with Crippen LogP contribution in [0.4, 0.5) is 36.7 Å². The van der Waals surface area contributed by atoms with Crippen LogP contribution in [0.2, 0.25) is 0 Å². The van der Waals surface area contributed by atoms with Gasteiger partial charge in [0.15, 0.2) is 6.29 Å². The zero-order valence-electron chi connectivity index (χ0n) is 28.2. The largest absolute Gasteiger partial charge is 0.457 e. The van der Waals surface area contributed by atoms with Crippen LogP contribution in [0.25, 0.3) is 0 Å². The monoisotopic (exact) mass is 780 g/mol. The molecule has 0 saturated carbocycles. The first-order chi connectivity index (χ1) is 25.5. The summed E-state index contributed by atoms with van der Waals surface area (Å²) in [5, 5.41) is 4.28. The van der Waals surface area contributed by atoms with Gasteiger partial charge >= 0.3 is 25.8 Å². The molecule has 4 aromatic carbocycles. The molecule has 54 heavy (non-hydrogen) atoms. The Morgan fingerprint density at radius 2 is 1.46 bits per heavy atom. The van der Waals surface area contributed by atoms with E-state index in [1.807, 2.05) is 0 Å². The third kappa shape index (κ3) is 8.77. The van der Waals surface area contributed by atoms with Crippen LogP contribution < -0.4 is 10.6 Å². The maximum absolute atomic E-state index is 14.2. The molecule has 10 nitrogen and oxygen atoms in total. The minimum absolute atomic E-state index is 0.00211. The van der Waals surface area contributed by atoms with Crippen molar-refractivity contribution >= 4 is 13.7 Å². The number of ether oxygens (including phenoxy) is 2. The lowest BCUT2D eigenvalue weighted by Gasteiger charge is -2.42. The van der Waals surface area contributed by atoms with E-state index in [9.17, 15) is 45.0 Å². The molecule has 2 heterocycles. The van der Waals surface area contributed by atoms with Gasteiger partial charge in [-0.15, -0.1) is 9.55 Å². The fourth-order valence-corrected chi connectivity index (χ4v) is 6.86. The first-order valence-corrected chi connectivity index (χ1v) is 17.9. The van der Waals surface area contributed by atoms with Gasteiger partial charge < -0.3 is 19.3 Å². The SMILES string of the molecule is C[C@@H](O[C@H]1OCCN(c2nn(P(=O)(O)OCc3ccccc3)c(=O)n2Cc2ccccc2)[C@H]1c1ccc(F)cc1)c1cc(C(F)(F)F)cc(C(F)(F)F)c1. The van der Waals surface area contributed by atoms with Crippen LogP contribution in [0.3, 0.4) is 0 Å². The van der Waals surface area contributed by atoms with Crippen LogP contribution in [0, 0.1) is 5.82 Å². The van der Waals surface area contributed by atoms with Gasteiger partial charge in [0, 0.05) is 6.54 Å². The Hall–Kier alpha value is -4.80. The van der Waals surface area contributed by atoms with E-state index in [2.05, 4.69) is 5.10 Å². The molecule has 0 bridgehead atoms. The molecule has 1 saturated heterocycles. The number of rotatable bonds is 11. The van der Waals surface area contributed by atoms with Crippen LogP contribution in [0.5, 0.6) is 0 Å². The third-order valence-electron chi connectivity index (χ3n) is 8.59. The lowest BCUT2D eigenvalue weighted by molar-refractivity contribution is -0.193. The summed E-state index contributed by atoms with van der Waals surface area (Å²) in [6.45, 7) is 0.513. The molecule has 1 aliphatic rings. The summed E-state index contributed by atoms with van der Waals surface area (Å²) in [4.78, 5) is 26.5. The van der Waals surface area contributed by atoms with Gasteiger partial charge in [-0.2, -0.15) is 26.3 Å². The molecule has 0 aliphatic carbocycles. The van der Waals surface area contributed by atoms with Crippen molar-refractivity contribution in [1.82, 2.24) is 14.1 Å². The second-order valence-electron chi connectivity index (χ2n) is 12.3. The van der Waals surface area contributed by atoms with Crippen LogP contribution in [0.15, 0.2) is 108 Å². The third-order valence-corrected chi connectivity index (χ3v) is 9.79. The lowest BCUT2D eigenvalue weighted by atomic mass is 10.0. The molecule has 5 aromatic rings. The summed E-state index contributed by atoms with van der Waals surface area (Å²) < 4.78 is 129. The second kappa shape index (κ2) is 15.5. The average molecular weight is 781 g/mol. The standard InChI is InChI=1S/C36H32F7N4O6P/c1-23(27-18-28(35(38,39)40)20-29(19-27)36(41,42)43)53-32-31(26-12-14-30(37)15-13-26)45(16-17-51-32)33-44-47(34(48)46(33)21-24-8-4-2-5-9-24)54(49,50)52-22-25-10-6-3-7-11-25/h2-15,18-20,23,31-32H,16-17,21-22H2,1H3,(H,49,50)/t23-,31+,32-/m1/s1. The Balaban J connectivity index is 1.42.